The van der Waals surface area contributed by atoms with Gasteiger partial charge in [0.2, 0.25) is 0 Å². The zero-order chi connectivity index (χ0) is 14.7. The molecule has 0 radical (unpaired) electrons. The van der Waals surface area contributed by atoms with E-state index in [1.807, 2.05) is 18.3 Å². The van der Waals surface area contributed by atoms with Crippen molar-refractivity contribution in [3.8, 4) is 5.75 Å². The first-order chi connectivity index (χ1) is 10.3. The molecule has 2 aromatic carbocycles. The number of methoxy groups -OCH3 is 1. The standard InChI is InChI=1S/C17H15FN2O/c1-21-17-9-15(4-5-16(17)18)20-10-12-2-3-14-11-19-7-6-13(14)8-12/h2-9,11,20H,10H2,1H3. The molecule has 0 spiro atoms. The van der Waals surface area contributed by atoms with Crippen LogP contribution in [0, 0.1) is 5.82 Å². The van der Waals surface area contributed by atoms with Crippen LogP contribution in [0.25, 0.3) is 10.8 Å². The number of rotatable bonds is 4. The van der Waals surface area contributed by atoms with Gasteiger partial charge in [-0.15, -0.1) is 0 Å². The van der Waals surface area contributed by atoms with E-state index in [0.717, 1.165) is 22.0 Å². The number of anilines is 1. The molecule has 0 aliphatic carbocycles. The van der Waals surface area contributed by atoms with Gasteiger partial charge in [-0.25, -0.2) is 4.39 Å². The maximum absolute atomic E-state index is 13.3. The molecule has 0 saturated heterocycles. The SMILES string of the molecule is COc1cc(NCc2ccc3cnccc3c2)ccc1F. The van der Waals surface area contributed by atoms with Crippen LogP contribution in [0.5, 0.6) is 5.75 Å². The molecule has 0 aliphatic heterocycles. The lowest BCUT2D eigenvalue weighted by atomic mass is 10.1. The highest BCUT2D eigenvalue weighted by molar-refractivity contribution is 5.82. The van der Waals surface area contributed by atoms with E-state index in [4.69, 9.17) is 4.74 Å². The van der Waals surface area contributed by atoms with E-state index < -0.39 is 0 Å². The highest BCUT2D eigenvalue weighted by Crippen LogP contribution is 2.22. The average Bonchev–Trinajstić information content (AvgIpc) is 2.54. The monoisotopic (exact) mass is 282 g/mol. The first-order valence-corrected chi connectivity index (χ1v) is 6.66. The Morgan fingerprint density at radius 1 is 1.10 bits per heavy atom. The second kappa shape index (κ2) is 5.79. The van der Waals surface area contributed by atoms with Crippen molar-refractivity contribution in [1.29, 1.82) is 0 Å². The molecule has 0 unspecified atom stereocenters. The molecule has 0 aliphatic rings. The van der Waals surface area contributed by atoms with E-state index in [9.17, 15) is 4.39 Å². The molecular formula is C17H15FN2O. The largest absolute Gasteiger partial charge is 0.494 e. The van der Waals surface area contributed by atoms with Gasteiger partial charge in [0.1, 0.15) is 0 Å². The van der Waals surface area contributed by atoms with E-state index in [1.165, 1.54) is 13.2 Å². The fraction of sp³-hybridized carbons (Fsp3) is 0.118. The van der Waals surface area contributed by atoms with Crippen molar-refractivity contribution in [2.45, 2.75) is 6.54 Å². The average molecular weight is 282 g/mol. The van der Waals surface area contributed by atoms with Crippen molar-refractivity contribution in [2.24, 2.45) is 0 Å². The third-order valence-corrected chi connectivity index (χ3v) is 3.35. The number of ether oxygens (including phenoxy) is 1. The molecule has 0 atom stereocenters. The smallest absolute Gasteiger partial charge is 0.165 e. The second-order valence-electron chi connectivity index (χ2n) is 4.76. The van der Waals surface area contributed by atoms with Crippen LogP contribution in [0.4, 0.5) is 10.1 Å². The fourth-order valence-corrected chi connectivity index (χ4v) is 2.22. The lowest BCUT2D eigenvalue weighted by Gasteiger charge is -2.09. The number of nitrogens with one attached hydrogen (secondary N) is 1. The van der Waals surface area contributed by atoms with Gasteiger partial charge >= 0.3 is 0 Å². The van der Waals surface area contributed by atoms with Gasteiger partial charge in [-0.2, -0.15) is 0 Å². The lowest BCUT2D eigenvalue weighted by Crippen LogP contribution is -2.00. The number of pyridine rings is 1. The third-order valence-electron chi connectivity index (χ3n) is 3.35. The number of hydrogen-bond acceptors (Lipinski definition) is 3. The zero-order valence-electron chi connectivity index (χ0n) is 11.6. The van der Waals surface area contributed by atoms with Crippen LogP contribution in [-0.2, 0) is 6.54 Å². The van der Waals surface area contributed by atoms with Crippen molar-refractivity contribution in [1.82, 2.24) is 4.98 Å². The molecule has 0 saturated carbocycles. The molecule has 1 aromatic heterocycles. The van der Waals surface area contributed by atoms with Gasteiger partial charge in [0, 0.05) is 36.1 Å². The third kappa shape index (κ3) is 2.94. The molecule has 1 N–H and O–H groups in total. The summed E-state index contributed by atoms with van der Waals surface area (Å²) in [6.45, 7) is 0.660. The van der Waals surface area contributed by atoms with E-state index in [1.54, 1.807) is 18.3 Å². The van der Waals surface area contributed by atoms with Gasteiger partial charge in [0.25, 0.3) is 0 Å². The number of nitrogens with zero attached hydrogens (tertiary/aromatic N) is 1. The van der Waals surface area contributed by atoms with Gasteiger partial charge in [0.15, 0.2) is 11.6 Å². The Balaban J connectivity index is 1.76. The second-order valence-corrected chi connectivity index (χ2v) is 4.76. The molecule has 0 bridgehead atoms. The fourth-order valence-electron chi connectivity index (χ4n) is 2.22. The minimum absolute atomic E-state index is 0.240. The summed E-state index contributed by atoms with van der Waals surface area (Å²) in [6.07, 6.45) is 3.63. The van der Waals surface area contributed by atoms with Crippen LogP contribution in [0.15, 0.2) is 54.9 Å². The first-order valence-electron chi connectivity index (χ1n) is 6.66. The Morgan fingerprint density at radius 3 is 2.86 bits per heavy atom. The summed E-state index contributed by atoms with van der Waals surface area (Å²) in [4.78, 5) is 4.10. The number of aromatic nitrogens is 1. The predicted molar refractivity (Wildman–Crippen MR) is 82.0 cm³/mol. The Kier molecular flexibility index (Phi) is 3.69. The Labute approximate surface area is 122 Å². The summed E-state index contributed by atoms with van der Waals surface area (Å²) in [5.74, 6) is -0.120. The van der Waals surface area contributed by atoms with E-state index >= 15 is 0 Å². The summed E-state index contributed by atoms with van der Waals surface area (Å²) in [5, 5.41) is 5.53. The number of halogens is 1. The summed E-state index contributed by atoms with van der Waals surface area (Å²) < 4.78 is 18.3. The summed E-state index contributed by atoms with van der Waals surface area (Å²) in [6, 6.07) is 12.9. The molecule has 0 fully saturated rings. The minimum atomic E-state index is -0.360. The molecule has 21 heavy (non-hydrogen) atoms. The lowest BCUT2D eigenvalue weighted by molar-refractivity contribution is 0.387. The molecule has 3 nitrogen and oxygen atoms in total. The van der Waals surface area contributed by atoms with Gasteiger partial charge in [-0.1, -0.05) is 12.1 Å². The molecular weight excluding hydrogens is 267 g/mol. The summed E-state index contributed by atoms with van der Waals surface area (Å²) in [5.41, 5.74) is 1.97. The molecule has 4 heteroatoms. The molecule has 3 aromatic rings. The van der Waals surface area contributed by atoms with Crippen LogP contribution in [-0.4, -0.2) is 12.1 Å². The van der Waals surface area contributed by atoms with Crippen molar-refractivity contribution in [3.63, 3.8) is 0 Å². The summed E-state index contributed by atoms with van der Waals surface area (Å²) >= 11 is 0. The maximum Gasteiger partial charge on any atom is 0.165 e. The van der Waals surface area contributed by atoms with Gasteiger partial charge < -0.3 is 10.1 Å². The molecule has 106 valence electrons. The van der Waals surface area contributed by atoms with E-state index in [0.29, 0.717) is 6.54 Å². The Bertz CT molecular complexity index is 774. The van der Waals surface area contributed by atoms with Crippen LogP contribution in [0.1, 0.15) is 5.56 Å². The number of benzene rings is 2. The number of hydrogen-bond donors (Lipinski definition) is 1. The van der Waals surface area contributed by atoms with Crippen molar-refractivity contribution in [3.05, 3.63) is 66.2 Å². The highest BCUT2D eigenvalue weighted by atomic mass is 19.1. The first kappa shape index (κ1) is 13.4. The molecule has 3 rings (SSSR count). The van der Waals surface area contributed by atoms with Crippen LogP contribution in [0.3, 0.4) is 0 Å². The maximum atomic E-state index is 13.3. The van der Waals surface area contributed by atoms with E-state index in [2.05, 4.69) is 22.4 Å². The number of fused-ring (bicyclic) bond motifs is 1. The van der Waals surface area contributed by atoms with Gasteiger partial charge in [-0.05, 0) is 35.2 Å². The van der Waals surface area contributed by atoms with E-state index in [-0.39, 0.29) is 11.6 Å². The minimum Gasteiger partial charge on any atom is -0.494 e. The Hall–Kier alpha value is -2.62. The van der Waals surface area contributed by atoms with Crippen LogP contribution >= 0.6 is 0 Å². The molecule has 0 amide bonds. The van der Waals surface area contributed by atoms with Gasteiger partial charge in [-0.3, -0.25) is 4.98 Å². The van der Waals surface area contributed by atoms with Crippen LogP contribution < -0.4 is 10.1 Å². The van der Waals surface area contributed by atoms with Crippen molar-refractivity contribution >= 4 is 16.5 Å². The van der Waals surface area contributed by atoms with Crippen molar-refractivity contribution in [2.75, 3.05) is 12.4 Å². The Morgan fingerprint density at radius 2 is 2.00 bits per heavy atom. The molecule has 1 heterocycles. The highest BCUT2D eigenvalue weighted by Gasteiger charge is 2.03. The predicted octanol–water partition coefficient (Wildman–Crippen LogP) is 3.99. The normalized spacial score (nSPS) is 10.6. The quantitative estimate of drug-likeness (QED) is 0.785. The topological polar surface area (TPSA) is 34.1 Å². The zero-order valence-corrected chi connectivity index (χ0v) is 11.6. The summed E-state index contributed by atoms with van der Waals surface area (Å²) in [7, 11) is 1.46. The van der Waals surface area contributed by atoms with Gasteiger partial charge in [0.05, 0.1) is 7.11 Å². The van der Waals surface area contributed by atoms with Crippen molar-refractivity contribution < 1.29 is 9.13 Å². The van der Waals surface area contributed by atoms with Crippen LogP contribution in [0.2, 0.25) is 0 Å².